The Bertz CT molecular complexity index is 942. The summed E-state index contributed by atoms with van der Waals surface area (Å²) in [5, 5.41) is 0. The predicted octanol–water partition coefficient (Wildman–Crippen LogP) is 3.67. The third-order valence-electron chi connectivity index (χ3n) is 5.69. The van der Waals surface area contributed by atoms with Crippen molar-refractivity contribution >= 4 is 5.91 Å². The average Bonchev–Trinajstić information content (AvgIpc) is 3.13. The number of pyridine rings is 1. The van der Waals surface area contributed by atoms with E-state index in [1.807, 2.05) is 18.2 Å². The van der Waals surface area contributed by atoms with E-state index in [1.165, 1.54) is 5.56 Å². The summed E-state index contributed by atoms with van der Waals surface area (Å²) in [6.07, 6.45) is 5.07. The van der Waals surface area contributed by atoms with Crippen molar-refractivity contribution in [2.24, 2.45) is 11.1 Å². The molecule has 28 heavy (non-hydrogen) atoms. The quantitative estimate of drug-likeness (QED) is 0.719. The van der Waals surface area contributed by atoms with E-state index in [-0.39, 0.29) is 5.91 Å². The Hall–Kier alpha value is -2.98. The number of rotatable bonds is 6. The van der Waals surface area contributed by atoms with Gasteiger partial charge in [0.1, 0.15) is 0 Å². The van der Waals surface area contributed by atoms with Crippen LogP contribution < -0.4 is 5.73 Å². The number of carbonyl (C=O) groups is 1. The number of nitrogens with zero attached hydrogens (tertiary/aromatic N) is 2. The highest BCUT2D eigenvalue weighted by Gasteiger charge is 2.43. The molecule has 0 bridgehead atoms. The number of amides is 1. The van der Waals surface area contributed by atoms with Crippen LogP contribution in [0, 0.1) is 5.41 Å². The van der Waals surface area contributed by atoms with Crippen molar-refractivity contribution in [3.63, 3.8) is 0 Å². The fourth-order valence-corrected chi connectivity index (χ4v) is 4.16. The molecule has 1 fully saturated rings. The normalized spacial score (nSPS) is 19.6. The van der Waals surface area contributed by atoms with Gasteiger partial charge in [0.2, 0.25) is 5.91 Å². The first kappa shape index (κ1) is 18.4. The first-order chi connectivity index (χ1) is 13.6. The summed E-state index contributed by atoms with van der Waals surface area (Å²) in [7, 11) is 0. The van der Waals surface area contributed by atoms with Gasteiger partial charge in [-0.05, 0) is 53.8 Å². The zero-order valence-corrected chi connectivity index (χ0v) is 15.9. The number of nitrogens with two attached hydrogens (primary N) is 1. The van der Waals surface area contributed by atoms with Crippen LogP contribution in [-0.4, -0.2) is 28.9 Å². The van der Waals surface area contributed by atoms with E-state index >= 15 is 0 Å². The van der Waals surface area contributed by atoms with Crippen LogP contribution in [0.1, 0.15) is 17.5 Å². The van der Waals surface area contributed by atoms with Crippen LogP contribution in [-0.2, 0) is 17.8 Å². The molecule has 2 heterocycles. The fourth-order valence-electron chi connectivity index (χ4n) is 4.16. The van der Waals surface area contributed by atoms with E-state index < -0.39 is 5.41 Å². The molecular weight excluding hydrogens is 346 g/mol. The number of aromatic nitrogens is 1. The monoisotopic (exact) mass is 371 g/mol. The molecule has 4 heteroatoms. The van der Waals surface area contributed by atoms with Crippen LogP contribution in [0.3, 0.4) is 0 Å². The maximum absolute atomic E-state index is 12.5. The Morgan fingerprint density at radius 2 is 1.71 bits per heavy atom. The molecule has 1 aromatic heterocycles. The van der Waals surface area contributed by atoms with Crippen LogP contribution in [0.4, 0.5) is 0 Å². The molecule has 4 rings (SSSR count). The van der Waals surface area contributed by atoms with Crippen molar-refractivity contribution in [3.8, 4) is 11.1 Å². The lowest BCUT2D eigenvalue weighted by Gasteiger charge is -2.26. The third kappa shape index (κ3) is 3.97. The van der Waals surface area contributed by atoms with Crippen LogP contribution in [0.15, 0.2) is 79.1 Å². The minimum atomic E-state index is -0.508. The van der Waals surface area contributed by atoms with Gasteiger partial charge in [0.05, 0.1) is 5.41 Å². The molecule has 0 saturated carbocycles. The van der Waals surface area contributed by atoms with Crippen LogP contribution in [0.25, 0.3) is 11.1 Å². The lowest BCUT2D eigenvalue weighted by Crippen LogP contribution is -2.41. The number of hydrogen-bond donors (Lipinski definition) is 1. The standard InChI is InChI=1S/C24H25N3O/c25-23(28)24(11-14-27(18-24)17-19-5-2-1-3-6-19)16-20-7-4-8-22(15-20)21-9-12-26-13-10-21/h1-10,12-13,15H,11,14,16-18H2,(H2,25,28). The van der Waals surface area contributed by atoms with Gasteiger partial charge < -0.3 is 5.73 Å². The Kier molecular flexibility index (Phi) is 5.22. The molecule has 0 aliphatic carbocycles. The minimum Gasteiger partial charge on any atom is -0.369 e. The van der Waals surface area contributed by atoms with E-state index in [0.717, 1.165) is 36.2 Å². The molecule has 2 aromatic carbocycles. The van der Waals surface area contributed by atoms with Crippen molar-refractivity contribution in [2.45, 2.75) is 19.4 Å². The molecule has 142 valence electrons. The zero-order chi connectivity index (χ0) is 19.4. The first-order valence-electron chi connectivity index (χ1n) is 9.70. The summed E-state index contributed by atoms with van der Waals surface area (Å²) in [5.41, 5.74) is 10.1. The second-order valence-electron chi connectivity index (χ2n) is 7.70. The number of carbonyl (C=O) groups excluding carboxylic acids is 1. The summed E-state index contributed by atoms with van der Waals surface area (Å²) in [6, 6.07) is 22.8. The lowest BCUT2D eigenvalue weighted by atomic mass is 9.79. The molecule has 1 aliphatic rings. The van der Waals surface area contributed by atoms with E-state index in [0.29, 0.717) is 13.0 Å². The minimum absolute atomic E-state index is 0.197. The van der Waals surface area contributed by atoms with Gasteiger partial charge in [-0.3, -0.25) is 14.7 Å². The van der Waals surface area contributed by atoms with Crippen molar-refractivity contribution in [1.29, 1.82) is 0 Å². The van der Waals surface area contributed by atoms with Gasteiger partial charge in [-0.1, -0.05) is 54.6 Å². The van der Waals surface area contributed by atoms with Crippen molar-refractivity contribution in [1.82, 2.24) is 9.88 Å². The van der Waals surface area contributed by atoms with Gasteiger partial charge in [-0.25, -0.2) is 0 Å². The number of benzene rings is 2. The fraction of sp³-hybridized carbons (Fsp3) is 0.250. The molecular formula is C24H25N3O. The van der Waals surface area contributed by atoms with Crippen LogP contribution in [0.5, 0.6) is 0 Å². The van der Waals surface area contributed by atoms with Crippen molar-refractivity contribution in [2.75, 3.05) is 13.1 Å². The highest BCUT2D eigenvalue weighted by molar-refractivity contribution is 5.82. The summed E-state index contributed by atoms with van der Waals surface area (Å²) < 4.78 is 0. The Morgan fingerprint density at radius 1 is 0.964 bits per heavy atom. The SMILES string of the molecule is NC(=O)C1(Cc2cccc(-c3ccncc3)c2)CCN(Cc2ccccc2)C1. The van der Waals surface area contributed by atoms with Gasteiger partial charge in [0, 0.05) is 25.5 Å². The second-order valence-corrected chi connectivity index (χ2v) is 7.70. The Morgan fingerprint density at radius 3 is 2.46 bits per heavy atom. The molecule has 1 amide bonds. The molecule has 1 aliphatic heterocycles. The topological polar surface area (TPSA) is 59.2 Å². The smallest absolute Gasteiger partial charge is 0.225 e. The molecule has 4 nitrogen and oxygen atoms in total. The summed E-state index contributed by atoms with van der Waals surface area (Å²) in [4.78, 5) is 18.9. The maximum Gasteiger partial charge on any atom is 0.225 e. The summed E-state index contributed by atoms with van der Waals surface area (Å²) in [5.74, 6) is -0.197. The largest absolute Gasteiger partial charge is 0.369 e. The van der Waals surface area contributed by atoms with Gasteiger partial charge in [-0.15, -0.1) is 0 Å². The van der Waals surface area contributed by atoms with E-state index in [4.69, 9.17) is 5.73 Å². The van der Waals surface area contributed by atoms with E-state index in [1.54, 1.807) is 12.4 Å². The molecule has 3 aromatic rings. The highest BCUT2D eigenvalue weighted by Crippen LogP contribution is 2.35. The molecule has 1 unspecified atom stereocenters. The van der Waals surface area contributed by atoms with Crippen molar-refractivity contribution < 1.29 is 4.79 Å². The molecule has 1 saturated heterocycles. The van der Waals surface area contributed by atoms with E-state index in [9.17, 15) is 4.79 Å². The maximum atomic E-state index is 12.5. The van der Waals surface area contributed by atoms with Gasteiger partial charge >= 0.3 is 0 Å². The Balaban J connectivity index is 1.52. The zero-order valence-electron chi connectivity index (χ0n) is 15.9. The third-order valence-corrected chi connectivity index (χ3v) is 5.69. The van der Waals surface area contributed by atoms with E-state index in [2.05, 4.69) is 58.4 Å². The predicted molar refractivity (Wildman–Crippen MR) is 111 cm³/mol. The summed E-state index contributed by atoms with van der Waals surface area (Å²) >= 11 is 0. The lowest BCUT2D eigenvalue weighted by molar-refractivity contribution is -0.127. The molecule has 2 N–H and O–H groups in total. The number of likely N-dealkylation sites (tertiary alicyclic amines) is 1. The van der Waals surface area contributed by atoms with Gasteiger partial charge in [0.15, 0.2) is 0 Å². The Labute approximate surface area is 166 Å². The molecule has 0 radical (unpaired) electrons. The second kappa shape index (κ2) is 7.95. The van der Waals surface area contributed by atoms with Crippen LogP contribution in [0.2, 0.25) is 0 Å². The van der Waals surface area contributed by atoms with Gasteiger partial charge in [-0.2, -0.15) is 0 Å². The molecule has 0 spiro atoms. The number of primary amides is 1. The first-order valence-corrected chi connectivity index (χ1v) is 9.70. The van der Waals surface area contributed by atoms with Crippen molar-refractivity contribution in [3.05, 3.63) is 90.3 Å². The summed E-state index contributed by atoms with van der Waals surface area (Å²) in [6.45, 7) is 2.45. The number of hydrogen-bond acceptors (Lipinski definition) is 3. The molecule has 1 atom stereocenters. The highest BCUT2D eigenvalue weighted by atomic mass is 16.1. The van der Waals surface area contributed by atoms with Crippen LogP contribution >= 0.6 is 0 Å². The van der Waals surface area contributed by atoms with Gasteiger partial charge in [0.25, 0.3) is 0 Å². The average molecular weight is 371 g/mol.